The largest absolute Gasteiger partial charge is 0.463 e. The van der Waals surface area contributed by atoms with Crippen LogP contribution in [0.5, 0.6) is 0 Å². The highest BCUT2D eigenvalue weighted by atomic mass is 16.6. The van der Waals surface area contributed by atoms with Gasteiger partial charge in [-0.15, -0.1) is 0 Å². The van der Waals surface area contributed by atoms with E-state index < -0.39 is 0 Å². The standard InChI is InChI=1S/C30H61NO13/c1-4-5-30(32)44-29-28-43-27-26-42-25-24-41-23-22-40-21-20-39-19-18-38-17-16-37-15-14-36-13-12-35-11-10-34-9-8-33-7-6-31(2)3/h4-29H2,1-3H3. The van der Waals surface area contributed by atoms with Gasteiger partial charge in [0.1, 0.15) is 6.61 Å². The minimum atomic E-state index is -0.188. The first-order chi connectivity index (χ1) is 21.7. The maximum atomic E-state index is 11.2. The van der Waals surface area contributed by atoms with E-state index >= 15 is 0 Å². The molecule has 0 aromatic carbocycles. The van der Waals surface area contributed by atoms with Crippen LogP contribution in [-0.2, 0) is 61.6 Å². The summed E-state index contributed by atoms with van der Waals surface area (Å²) in [6.45, 7) is 14.5. The Bertz CT molecular complexity index is 561. The van der Waals surface area contributed by atoms with Gasteiger partial charge in [-0.1, -0.05) is 6.92 Å². The van der Waals surface area contributed by atoms with Gasteiger partial charge in [-0.3, -0.25) is 4.79 Å². The van der Waals surface area contributed by atoms with Crippen molar-refractivity contribution in [3.05, 3.63) is 0 Å². The number of hydrogen-bond donors (Lipinski definition) is 0. The smallest absolute Gasteiger partial charge is 0.305 e. The monoisotopic (exact) mass is 643 g/mol. The van der Waals surface area contributed by atoms with Crippen LogP contribution in [0.4, 0.5) is 0 Å². The molecule has 0 atom stereocenters. The third kappa shape index (κ3) is 39.0. The van der Waals surface area contributed by atoms with Crippen molar-refractivity contribution in [1.29, 1.82) is 0 Å². The molecule has 0 aliphatic carbocycles. The van der Waals surface area contributed by atoms with Crippen molar-refractivity contribution in [3.8, 4) is 0 Å². The van der Waals surface area contributed by atoms with Crippen molar-refractivity contribution < 1.29 is 61.6 Å². The van der Waals surface area contributed by atoms with Crippen LogP contribution in [0.1, 0.15) is 19.8 Å². The van der Waals surface area contributed by atoms with E-state index in [4.69, 9.17) is 56.8 Å². The van der Waals surface area contributed by atoms with Gasteiger partial charge >= 0.3 is 5.97 Å². The predicted octanol–water partition coefficient (Wildman–Crippen LogP) is 1.07. The molecule has 0 saturated carbocycles. The highest BCUT2D eigenvalue weighted by Crippen LogP contribution is 1.91. The fourth-order valence-corrected chi connectivity index (χ4v) is 3.04. The maximum absolute atomic E-state index is 11.2. The summed E-state index contributed by atoms with van der Waals surface area (Å²) in [5.74, 6) is -0.188. The van der Waals surface area contributed by atoms with Crippen LogP contribution in [0.2, 0.25) is 0 Å². The molecule has 0 radical (unpaired) electrons. The lowest BCUT2D eigenvalue weighted by Gasteiger charge is -2.10. The minimum Gasteiger partial charge on any atom is -0.463 e. The van der Waals surface area contributed by atoms with Crippen molar-refractivity contribution in [1.82, 2.24) is 4.90 Å². The van der Waals surface area contributed by atoms with Gasteiger partial charge < -0.3 is 61.7 Å². The molecule has 0 amide bonds. The number of ether oxygens (including phenoxy) is 12. The fourth-order valence-electron chi connectivity index (χ4n) is 3.04. The molecule has 44 heavy (non-hydrogen) atoms. The summed E-state index contributed by atoms with van der Waals surface area (Å²) in [6.07, 6.45) is 1.23. The van der Waals surface area contributed by atoms with Crippen LogP contribution < -0.4 is 0 Å². The topological polar surface area (TPSA) is 131 Å². The van der Waals surface area contributed by atoms with Gasteiger partial charge in [0.25, 0.3) is 0 Å². The van der Waals surface area contributed by atoms with Crippen LogP contribution in [0, 0.1) is 0 Å². The fraction of sp³-hybridized carbons (Fsp3) is 0.967. The summed E-state index contributed by atoms with van der Waals surface area (Å²) in [5.41, 5.74) is 0. The summed E-state index contributed by atoms with van der Waals surface area (Å²) in [5, 5.41) is 0. The lowest BCUT2D eigenvalue weighted by Crippen LogP contribution is -2.19. The Balaban J connectivity index is 3.06. The summed E-state index contributed by atoms with van der Waals surface area (Å²) in [6, 6.07) is 0. The Kier molecular flexibility index (Phi) is 37.3. The quantitative estimate of drug-likeness (QED) is 0.0702. The van der Waals surface area contributed by atoms with Crippen molar-refractivity contribution >= 4 is 5.97 Å². The molecule has 0 aromatic rings. The third-order valence-electron chi connectivity index (χ3n) is 5.35. The van der Waals surface area contributed by atoms with Gasteiger partial charge in [-0.25, -0.2) is 0 Å². The zero-order chi connectivity index (χ0) is 32.0. The third-order valence-corrected chi connectivity index (χ3v) is 5.35. The Labute approximate surface area is 265 Å². The van der Waals surface area contributed by atoms with Crippen LogP contribution in [0.3, 0.4) is 0 Å². The first kappa shape index (κ1) is 43.0. The second-order valence-electron chi connectivity index (χ2n) is 9.51. The molecule has 0 heterocycles. The van der Waals surface area contributed by atoms with Crippen molar-refractivity contribution in [2.75, 3.05) is 173 Å². The Morgan fingerprint density at radius 3 is 0.841 bits per heavy atom. The second kappa shape index (κ2) is 38.2. The molecule has 0 saturated heterocycles. The highest BCUT2D eigenvalue weighted by Gasteiger charge is 2.00. The average molecular weight is 644 g/mol. The highest BCUT2D eigenvalue weighted by molar-refractivity contribution is 5.69. The number of nitrogens with zero attached hydrogens (tertiary/aromatic N) is 1. The van der Waals surface area contributed by atoms with E-state index in [1.807, 2.05) is 21.0 Å². The van der Waals surface area contributed by atoms with E-state index in [2.05, 4.69) is 4.90 Å². The Morgan fingerprint density at radius 1 is 0.386 bits per heavy atom. The van der Waals surface area contributed by atoms with Crippen LogP contribution in [-0.4, -0.2) is 183 Å². The van der Waals surface area contributed by atoms with E-state index in [1.165, 1.54) is 0 Å². The van der Waals surface area contributed by atoms with Crippen molar-refractivity contribution in [3.63, 3.8) is 0 Å². The summed E-state index contributed by atoms with van der Waals surface area (Å²) >= 11 is 0. The number of carbonyl (C=O) groups excluding carboxylic acids is 1. The van der Waals surface area contributed by atoms with Crippen LogP contribution in [0.25, 0.3) is 0 Å². The molecule has 0 aliphatic rings. The van der Waals surface area contributed by atoms with E-state index in [0.717, 1.165) is 13.0 Å². The van der Waals surface area contributed by atoms with Crippen molar-refractivity contribution in [2.45, 2.75) is 19.8 Å². The predicted molar refractivity (Wildman–Crippen MR) is 163 cm³/mol. The van der Waals surface area contributed by atoms with Gasteiger partial charge in [0.15, 0.2) is 0 Å². The molecular weight excluding hydrogens is 582 g/mol. The molecule has 14 heteroatoms. The molecule has 0 bridgehead atoms. The summed E-state index contributed by atoms with van der Waals surface area (Å²) in [7, 11) is 4.04. The van der Waals surface area contributed by atoms with E-state index in [1.54, 1.807) is 0 Å². The molecule has 0 rings (SSSR count). The van der Waals surface area contributed by atoms with Gasteiger partial charge in [0.2, 0.25) is 0 Å². The van der Waals surface area contributed by atoms with E-state index in [-0.39, 0.29) is 12.6 Å². The van der Waals surface area contributed by atoms with Crippen LogP contribution in [0.15, 0.2) is 0 Å². The maximum Gasteiger partial charge on any atom is 0.305 e. The number of likely N-dealkylation sites (N-methyl/N-ethyl adjacent to an activating group) is 1. The molecule has 0 aliphatic heterocycles. The molecule has 0 unspecified atom stereocenters. The van der Waals surface area contributed by atoms with Crippen molar-refractivity contribution in [2.24, 2.45) is 0 Å². The van der Waals surface area contributed by atoms with Gasteiger partial charge in [0.05, 0.1) is 145 Å². The second-order valence-corrected chi connectivity index (χ2v) is 9.51. The van der Waals surface area contributed by atoms with E-state index in [9.17, 15) is 4.79 Å². The van der Waals surface area contributed by atoms with Crippen LogP contribution >= 0.6 is 0 Å². The number of esters is 1. The number of hydrogen-bond acceptors (Lipinski definition) is 14. The van der Waals surface area contributed by atoms with Gasteiger partial charge in [-0.2, -0.15) is 0 Å². The first-order valence-electron chi connectivity index (χ1n) is 15.8. The van der Waals surface area contributed by atoms with Gasteiger partial charge in [0, 0.05) is 13.0 Å². The molecule has 0 aromatic heterocycles. The molecule has 0 fully saturated rings. The molecule has 264 valence electrons. The zero-order valence-electron chi connectivity index (χ0n) is 27.6. The summed E-state index contributed by atoms with van der Waals surface area (Å²) < 4.78 is 64.9. The molecule has 0 spiro atoms. The average Bonchev–Trinajstić information content (AvgIpc) is 3.01. The van der Waals surface area contributed by atoms with E-state index in [0.29, 0.717) is 152 Å². The lowest BCUT2D eigenvalue weighted by atomic mass is 10.3. The Hall–Kier alpha value is -1.01. The minimum absolute atomic E-state index is 0.188. The number of rotatable bonds is 38. The summed E-state index contributed by atoms with van der Waals surface area (Å²) in [4.78, 5) is 13.3. The molecule has 14 nitrogen and oxygen atoms in total. The zero-order valence-corrected chi connectivity index (χ0v) is 27.6. The normalized spacial score (nSPS) is 11.5. The number of carbonyl (C=O) groups is 1. The lowest BCUT2D eigenvalue weighted by molar-refractivity contribution is -0.145. The Morgan fingerprint density at radius 2 is 0.614 bits per heavy atom. The molecule has 0 N–H and O–H groups in total. The molecular formula is C30H61NO13. The van der Waals surface area contributed by atoms with Gasteiger partial charge in [-0.05, 0) is 20.5 Å². The first-order valence-corrected chi connectivity index (χ1v) is 15.8. The SMILES string of the molecule is CCCC(=O)OCCOCCOCCOCCOCCOCCOCCOCCOCCOCCOCCOCCN(C)C.